The second kappa shape index (κ2) is 8.50. The number of aromatic nitrogens is 5. The molecular weight excluding hydrogens is 374 g/mol. The van der Waals surface area contributed by atoms with Gasteiger partial charge in [0.05, 0.1) is 29.4 Å². The molecule has 1 aromatic carbocycles. The fourth-order valence-corrected chi connectivity index (χ4v) is 4.85. The topological polar surface area (TPSA) is 72.2 Å². The van der Waals surface area contributed by atoms with Gasteiger partial charge in [-0.15, -0.1) is 5.10 Å². The zero-order chi connectivity index (χ0) is 19.5. The second-order valence-corrected chi connectivity index (χ2v) is 8.44. The summed E-state index contributed by atoms with van der Waals surface area (Å²) in [4.78, 5) is 9.71. The lowest BCUT2D eigenvalue weighted by Gasteiger charge is -2.40. The van der Waals surface area contributed by atoms with Crippen LogP contribution in [-0.2, 0) is 11.3 Å². The van der Waals surface area contributed by atoms with Gasteiger partial charge in [-0.2, -0.15) is 0 Å². The SMILES string of the molecule is COCCn1nnnc1C(C(C)C)N1CCN(c2nc3ccccc3s2)CC1. The van der Waals surface area contributed by atoms with Crippen molar-refractivity contribution in [2.45, 2.75) is 26.4 Å². The Labute approximate surface area is 169 Å². The Morgan fingerprint density at radius 1 is 1.14 bits per heavy atom. The number of thiazole rings is 1. The highest BCUT2D eigenvalue weighted by atomic mass is 32.1. The standard InChI is InChI=1S/C19H27N7OS/c1-14(2)17(18-21-22-23-26(18)12-13-27-3)24-8-10-25(11-9-24)19-20-15-6-4-5-7-16(15)28-19/h4-7,14,17H,8-13H2,1-3H3. The van der Waals surface area contributed by atoms with Gasteiger partial charge < -0.3 is 9.64 Å². The largest absolute Gasteiger partial charge is 0.383 e. The maximum atomic E-state index is 5.20. The van der Waals surface area contributed by atoms with Crippen LogP contribution >= 0.6 is 11.3 Å². The number of para-hydroxylation sites is 1. The number of hydrogen-bond donors (Lipinski definition) is 0. The van der Waals surface area contributed by atoms with Crippen molar-refractivity contribution in [3.8, 4) is 0 Å². The highest BCUT2D eigenvalue weighted by Gasteiger charge is 2.32. The first-order valence-electron chi connectivity index (χ1n) is 9.77. The first-order valence-corrected chi connectivity index (χ1v) is 10.6. The molecule has 3 aromatic rings. The maximum Gasteiger partial charge on any atom is 0.186 e. The molecule has 0 bridgehead atoms. The van der Waals surface area contributed by atoms with E-state index in [1.165, 1.54) is 4.70 Å². The van der Waals surface area contributed by atoms with E-state index in [0.29, 0.717) is 19.1 Å². The van der Waals surface area contributed by atoms with Gasteiger partial charge in [0.1, 0.15) is 0 Å². The molecule has 1 atom stereocenters. The van der Waals surface area contributed by atoms with Gasteiger partial charge >= 0.3 is 0 Å². The van der Waals surface area contributed by atoms with Crippen LogP contribution in [0.15, 0.2) is 24.3 Å². The van der Waals surface area contributed by atoms with E-state index in [-0.39, 0.29) is 6.04 Å². The molecular formula is C19H27N7OS. The van der Waals surface area contributed by atoms with Crippen LogP contribution in [-0.4, -0.2) is 70.0 Å². The second-order valence-electron chi connectivity index (χ2n) is 7.43. The van der Waals surface area contributed by atoms with E-state index in [1.54, 1.807) is 18.4 Å². The Kier molecular flexibility index (Phi) is 5.84. The number of ether oxygens (including phenoxy) is 1. The average molecular weight is 402 g/mol. The van der Waals surface area contributed by atoms with E-state index in [0.717, 1.165) is 42.7 Å². The molecule has 0 saturated carbocycles. The maximum absolute atomic E-state index is 5.20. The lowest BCUT2D eigenvalue weighted by Crippen LogP contribution is -2.49. The number of tetrazole rings is 1. The fourth-order valence-electron chi connectivity index (χ4n) is 3.83. The minimum absolute atomic E-state index is 0.198. The predicted octanol–water partition coefficient (Wildman–Crippen LogP) is 2.45. The van der Waals surface area contributed by atoms with Crippen molar-refractivity contribution in [1.82, 2.24) is 30.1 Å². The normalized spacial score (nSPS) is 16.9. The number of nitrogens with zero attached hydrogens (tertiary/aromatic N) is 7. The van der Waals surface area contributed by atoms with Crippen LogP contribution in [0.5, 0.6) is 0 Å². The van der Waals surface area contributed by atoms with E-state index >= 15 is 0 Å². The summed E-state index contributed by atoms with van der Waals surface area (Å²) in [6.45, 7) is 9.61. The van der Waals surface area contributed by atoms with Gasteiger partial charge in [-0.1, -0.05) is 37.3 Å². The molecule has 0 radical (unpaired) electrons. The minimum Gasteiger partial charge on any atom is -0.383 e. The Morgan fingerprint density at radius 2 is 1.93 bits per heavy atom. The number of benzene rings is 1. The van der Waals surface area contributed by atoms with Gasteiger partial charge in [-0.05, 0) is 28.5 Å². The van der Waals surface area contributed by atoms with Crippen molar-refractivity contribution in [3.63, 3.8) is 0 Å². The van der Waals surface area contributed by atoms with Gasteiger partial charge in [-0.25, -0.2) is 9.67 Å². The third kappa shape index (κ3) is 3.87. The zero-order valence-electron chi connectivity index (χ0n) is 16.7. The van der Waals surface area contributed by atoms with Crippen LogP contribution in [0.2, 0.25) is 0 Å². The molecule has 2 aromatic heterocycles. The lowest BCUT2D eigenvalue weighted by atomic mass is 10.0. The molecule has 150 valence electrons. The summed E-state index contributed by atoms with van der Waals surface area (Å²) in [5, 5.41) is 13.6. The molecule has 0 amide bonds. The summed E-state index contributed by atoms with van der Waals surface area (Å²) in [5.74, 6) is 1.35. The van der Waals surface area contributed by atoms with E-state index in [4.69, 9.17) is 9.72 Å². The summed E-state index contributed by atoms with van der Waals surface area (Å²) in [6.07, 6.45) is 0. The zero-order valence-corrected chi connectivity index (χ0v) is 17.5. The van der Waals surface area contributed by atoms with Crippen LogP contribution in [0.3, 0.4) is 0 Å². The summed E-state index contributed by atoms with van der Waals surface area (Å²) >= 11 is 1.77. The summed E-state index contributed by atoms with van der Waals surface area (Å²) in [6, 6.07) is 8.54. The number of methoxy groups -OCH3 is 1. The molecule has 1 fully saturated rings. The monoisotopic (exact) mass is 401 g/mol. The molecule has 1 unspecified atom stereocenters. The van der Waals surface area contributed by atoms with Crippen molar-refractivity contribution < 1.29 is 4.74 Å². The van der Waals surface area contributed by atoms with Crippen molar-refractivity contribution in [2.75, 3.05) is 44.8 Å². The van der Waals surface area contributed by atoms with Crippen LogP contribution < -0.4 is 4.90 Å². The Morgan fingerprint density at radius 3 is 2.64 bits per heavy atom. The van der Waals surface area contributed by atoms with Crippen LogP contribution in [0.1, 0.15) is 25.7 Å². The van der Waals surface area contributed by atoms with Crippen LogP contribution in [0.25, 0.3) is 10.2 Å². The van der Waals surface area contributed by atoms with E-state index in [9.17, 15) is 0 Å². The summed E-state index contributed by atoms with van der Waals surface area (Å²) in [7, 11) is 1.70. The molecule has 1 saturated heterocycles. The molecule has 9 heteroatoms. The number of rotatable bonds is 7. The number of piperazine rings is 1. The van der Waals surface area contributed by atoms with Gasteiger partial charge in [-0.3, -0.25) is 4.90 Å². The molecule has 28 heavy (non-hydrogen) atoms. The Balaban J connectivity index is 1.47. The Hall–Kier alpha value is -2.10. The first-order chi connectivity index (χ1) is 13.7. The van der Waals surface area contributed by atoms with Gasteiger partial charge in [0.25, 0.3) is 0 Å². The third-order valence-electron chi connectivity index (χ3n) is 5.22. The first kappa shape index (κ1) is 19.2. The van der Waals surface area contributed by atoms with Crippen molar-refractivity contribution in [2.24, 2.45) is 5.92 Å². The molecule has 1 aliphatic heterocycles. The highest BCUT2D eigenvalue weighted by molar-refractivity contribution is 7.22. The van der Waals surface area contributed by atoms with Gasteiger partial charge in [0.15, 0.2) is 11.0 Å². The predicted molar refractivity (Wildman–Crippen MR) is 111 cm³/mol. The number of fused-ring (bicyclic) bond motifs is 1. The summed E-state index contributed by atoms with van der Waals surface area (Å²) in [5.41, 5.74) is 1.09. The smallest absolute Gasteiger partial charge is 0.186 e. The molecule has 0 spiro atoms. The minimum atomic E-state index is 0.198. The van der Waals surface area contributed by atoms with Crippen LogP contribution in [0.4, 0.5) is 5.13 Å². The number of hydrogen-bond acceptors (Lipinski definition) is 8. The summed E-state index contributed by atoms with van der Waals surface area (Å²) < 4.78 is 8.33. The Bertz CT molecular complexity index is 867. The molecule has 3 heterocycles. The van der Waals surface area contributed by atoms with Crippen molar-refractivity contribution in [1.29, 1.82) is 0 Å². The fraction of sp³-hybridized carbons (Fsp3) is 0.579. The quantitative estimate of drug-likeness (QED) is 0.602. The average Bonchev–Trinajstić information content (AvgIpc) is 3.33. The van der Waals surface area contributed by atoms with Crippen molar-refractivity contribution in [3.05, 3.63) is 30.1 Å². The van der Waals surface area contributed by atoms with E-state index in [2.05, 4.69) is 57.4 Å². The molecule has 1 aliphatic rings. The lowest BCUT2D eigenvalue weighted by molar-refractivity contribution is 0.129. The molecule has 8 nitrogen and oxygen atoms in total. The van der Waals surface area contributed by atoms with Crippen LogP contribution in [0, 0.1) is 5.92 Å². The van der Waals surface area contributed by atoms with Crippen molar-refractivity contribution >= 4 is 26.7 Å². The highest BCUT2D eigenvalue weighted by Crippen LogP contribution is 2.32. The van der Waals surface area contributed by atoms with Gasteiger partial charge in [0.2, 0.25) is 0 Å². The van der Waals surface area contributed by atoms with E-state index in [1.807, 2.05) is 10.7 Å². The molecule has 0 N–H and O–H groups in total. The third-order valence-corrected chi connectivity index (χ3v) is 6.32. The van der Waals surface area contributed by atoms with E-state index < -0.39 is 0 Å². The molecule has 0 aliphatic carbocycles. The number of anilines is 1. The van der Waals surface area contributed by atoms with Gasteiger partial charge in [0, 0.05) is 33.3 Å². The molecule has 4 rings (SSSR count).